The molecule has 0 bridgehead atoms. The number of unbranched alkanes of at least 4 members (excludes halogenated alkanes) is 1. The molecule has 0 heterocycles. The molecule has 2 aromatic rings. The van der Waals surface area contributed by atoms with Gasteiger partial charge in [-0.1, -0.05) is 78.7 Å². The molecule has 1 heteroatoms. The monoisotopic (exact) mass is 332 g/mol. The molecule has 0 fully saturated rings. The Balaban J connectivity index is 1.95. The van der Waals surface area contributed by atoms with Crippen LogP contribution in [0.15, 0.2) is 70.9 Å². The number of aryl methyl sites for hydroxylation is 1. The summed E-state index contributed by atoms with van der Waals surface area (Å²) in [6.45, 7) is 6.89. The largest absolute Gasteiger partial charge is 0.0771 e. The second-order valence-electron chi connectivity index (χ2n) is 7.01. The van der Waals surface area contributed by atoms with Crippen LogP contribution in [0.3, 0.4) is 0 Å². The quantitative estimate of drug-likeness (QED) is 0.657. The van der Waals surface area contributed by atoms with Crippen molar-refractivity contribution in [2.45, 2.75) is 46.0 Å². The van der Waals surface area contributed by atoms with Crippen LogP contribution >= 0.6 is 0 Å². The number of benzene rings is 2. The molecule has 1 aliphatic carbocycles. The Morgan fingerprint density at radius 2 is 1.58 bits per heavy atom. The van der Waals surface area contributed by atoms with E-state index in [1.165, 1.54) is 52.7 Å². The van der Waals surface area contributed by atoms with Gasteiger partial charge >= 0.3 is 0 Å². The van der Waals surface area contributed by atoms with Crippen molar-refractivity contribution in [1.29, 1.82) is 0 Å². The summed E-state index contributed by atoms with van der Waals surface area (Å²) in [4.78, 5) is 0. The maximum Gasteiger partial charge on any atom is 0.0349 e. The summed E-state index contributed by atoms with van der Waals surface area (Å²) in [5.74, 6) is 0.493. The van der Waals surface area contributed by atoms with E-state index in [1.807, 2.05) is 0 Å². The Morgan fingerprint density at radius 3 is 2.21 bits per heavy atom. The lowest BCUT2D eigenvalue weighted by molar-refractivity contribution is 0.794. The minimum absolute atomic E-state index is 0.493. The highest BCUT2D eigenvalue weighted by Crippen LogP contribution is 2.46. The van der Waals surface area contributed by atoms with Gasteiger partial charge in [-0.05, 0) is 54.5 Å². The summed E-state index contributed by atoms with van der Waals surface area (Å²) >= 11 is 0. The first-order chi connectivity index (χ1) is 11.6. The maximum atomic E-state index is 2.36. The number of hydrogen-bond acceptors (Lipinski definition) is 0. The van der Waals surface area contributed by atoms with E-state index in [4.69, 9.17) is 0 Å². The molecule has 0 spiro atoms. The van der Waals surface area contributed by atoms with Gasteiger partial charge in [0.25, 0.3) is 0 Å². The molecule has 2 aromatic carbocycles. The van der Waals surface area contributed by atoms with Crippen LogP contribution < -0.4 is 0 Å². The van der Waals surface area contributed by atoms with Crippen molar-refractivity contribution in [3.05, 3.63) is 87.6 Å². The van der Waals surface area contributed by atoms with E-state index < -0.39 is 0 Å². The van der Waals surface area contributed by atoms with Crippen LogP contribution in [0, 0.1) is 0 Å². The third-order valence-corrected chi connectivity index (χ3v) is 6.75. The van der Waals surface area contributed by atoms with Gasteiger partial charge in [0.2, 0.25) is 0 Å². The van der Waals surface area contributed by atoms with E-state index in [9.17, 15) is 0 Å². The molecule has 0 N–H and O–H groups in total. The molecule has 0 amide bonds. The fraction of sp³-hybridized carbons (Fsp3) is 0.304. The summed E-state index contributed by atoms with van der Waals surface area (Å²) < 4.78 is 0. The van der Waals surface area contributed by atoms with Gasteiger partial charge in [0, 0.05) is 16.2 Å². The molecule has 0 radical (unpaired) electrons. The zero-order chi connectivity index (χ0) is 17.1. The standard InChI is InChI=1S/C23H28Si/c1-4-5-9-18-12-14-20(15-13-18)22-16(2)21(17(3)23(22)24)19-10-7-6-8-11-19/h6-8,10-15,22H,4-5,9H2,1-3,24H3. The van der Waals surface area contributed by atoms with Gasteiger partial charge in [-0.3, -0.25) is 0 Å². The highest BCUT2D eigenvalue weighted by molar-refractivity contribution is 6.26. The summed E-state index contributed by atoms with van der Waals surface area (Å²) in [7, 11) is 1.12. The minimum Gasteiger partial charge on any atom is -0.0771 e. The van der Waals surface area contributed by atoms with Crippen molar-refractivity contribution in [3.8, 4) is 0 Å². The molecule has 0 aromatic heterocycles. The lowest BCUT2D eigenvalue weighted by atomic mass is 9.91. The van der Waals surface area contributed by atoms with Crippen LogP contribution in [0.25, 0.3) is 5.57 Å². The van der Waals surface area contributed by atoms with E-state index >= 15 is 0 Å². The van der Waals surface area contributed by atoms with Gasteiger partial charge in [0.15, 0.2) is 0 Å². The predicted molar refractivity (Wildman–Crippen MR) is 109 cm³/mol. The Hall–Kier alpha value is -1.86. The zero-order valence-electron chi connectivity index (χ0n) is 15.4. The summed E-state index contributed by atoms with van der Waals surface area (Å²) in [6.07, 6.45) is 3.75. The van der Waals surface area contributed by atoms with Crippen molar-refractivity contribution >= 4 is 15.8 Å². The smallest absolute Gasteiger partial charge is 0.0349 e. The number of hydrogen-bond donors (Lipinski definition) is 0. The zero-order valence-corrected chi connectivity index (χ0v) is 17.4. The van der Waals surface area contributed by atoms with Crippen LogP contribution in [0.2, 0.25) is 0 Å². The van der Waals surface area contributed by atoms with Crippen LogP contribution in [0.4, 0.5) is 0 Å². The first-order valence-electron chi connectivity index (χ1n) is 9.16. The fourth-order valence-corrected chi connectivity index (χ4v) is 5.00. The van der Waals surface area contributed by atoms with E-state index in [2.05, 4.69) is 75.4 Å². The normalized spacial score (nSPS) is 17.9. The van der Waals surface area contributed by atoms with Gasteiger partial charge in [0.05, 0.1) is 0 Å². The first kappa shape index (κ1) is 17.0. The second-order valence-corrected chi connectivity index (χ2v) is 8.09. The predicted octanol–water partition coefficient (Wildman–Crippen LogP) is 5.24. The Morgan fingerprint density at radius 1 is 0.917 bits per heavy atom. The van der Waals surface area contributed by atoms with Gasteiger partial charge in [-0.2, -0.15) is 0 Å². The summed E-state index contributed by atoms with van der Waals surface area (Å²) in [5, 5.41) is 1.63. The van der Waals surface area contributed by atoms with E-state index in [0.29, 0.717) is 5.92 Å². The molecule has 3 rings (SSSR count). The molecule has 1 aliphatic rings. The van der Waals surface area contributed by atoms with Crippen LogP contribution in [-0.2, 0) is 6.42 Å². The Bertz CT molecular complexity index is 763. The van der Waals surface area contributed by atoms with Gasteiger partial charge in [0.1, 0.15) is 0 Å². The van der Waals surface area contributed by atoms with Crippen molar-refractivity contribution in [2.75, 3.05) is 0 Å². The van der Waals surface area contributed by atoms with E-state index in [0.717, 1.165) is 10.2 Å². The van der Waals surface area contributed by atoms with Crippen LogP contribution in [0.1, 0.15) is 56.2 Å². The molecule has 1 atom stereocenters. The molecule has 0 aliphatic heterocycles. The Labute approximate surface area is 149 Å². The highest BCUT2D eigenvalue weighted by atomic mass is 28.1. The topological polar surface area (TPSA) is 0 Å². The third-order valence-electron chi connectivity index (χ3n) is 5.42. The van der Waals surface area contributed by atoms with Crippen LogP contribution in [0.5, 0.6) is 0 Å². The van der Waals surface area contributed by atoms with E-state index in [1.54, 1.807) is 5.20 Å². The first-order valence-corrected chi connectivity index (χ1v) is 10.2. The van der Waals surface area contributed by atoms with Crippen molar-refractivity contribution in [3.63, 3.8) is 0 Å². The molecule has 24 heavy (non-hydrogen) atoms. The second kappa shape index (κ2) is 7.35. The molecule has 0 saturated carbocycles. The van der Waals surface area contributed by atoms with Gasteiger partial charge < -0.3 is 0 Å². The minimum atomic E-state index is 0.493. The number of allylic oxidation sites excluding steroid dienone is 4. The third kappa shape index (κ3) is 3.18. The molecule has 0 nitrogen and oxygen atoms in total. The lowest BCUT2D eigenvalue weighted by Gasteiger charge is -2.16. The summed E-state index contributed by atoms with van der Waals surface area (Å²) in [6, 6.07) is 20.3. The Kier molecular flexibility index (Phi) is 5.20. The maximum absolute atomic E-state index is 2.36. The lowest BCUT2D eigenvalue weighted by Crippen LogP contribution is -2.02. The summed E-state index contributed by atoms with van der Waals surface area (Å²) in [5.41, 5.74) is 8.79. The molecule has 0 saturated heterocycles. The van der Waals surface area contributed by atoms with Gasteiger partial charge in [-0.15, -0.1) is 0 Å². The average molecular weight is 333 g/mol. The average Bonchev–Trinajstić information content (AvgIpc) is 2.84. The van der Waals surface area contributed by atoms with Crippen LogP contribution in [-0.4, -0.2) is 10.2 Å². The molecule has 1 unspecified atom stereocenters. The fourth-order valence-electron chi connectivity index (χ4n) is 3.99. The van der Waals surface area contributed by atoms with Crippen molar-refractivity contribution < 1.29 is 0 Å². The van der Waals surface area contributed by atoms with Crippen molar-refractivity contribution in [2.24, 2.45) is 0 Å². The molecule has 124 valence electrons. The SMILES string of the molecule is CCCCc1ccc(C2C(C)=C(c3ccccc3)C(C)=C2[SiH3])cc1. The van der Waals surface area contributed by atoms with Gasteiger partial charge in [-0.25, -0.2) is 0 Å². The number of rotatable bonds is 5. The van der Waals surface area contributed by atoms with Crippen molar-refractivity contribution in [1.82, 2.24) is 0 Å². The highest BCUT2D eigenvalue weighted by Gasteiger charge is 2.28. The molecular weight excluding hydrogens is 304 g/mol. The van der Waals surface area contributed by atoms with E-state index in [-0.39, 0.29) is 0 Å². The molecular formula is C23H28Si.